The van der Waals surface area contributed by atoms with Gasteiger partial charge in [0.05, 0.1) is 19.4 Å². The molecular formula is C11H19ClN4O2. The fourth-order valence-corrected chi connectivity index (χ4v) is 1.99. The number of amides is 1. The lowest BCUT2D eigenvalue weighted by molar-refractivity contribution is -0.137. The van der Waals surface area contributed by atoms with Crippen molar-refractivity contribution in [1.29, 1.82) is 0 Å². The second-order valence-corrected chi connectivity index (χ2v) is 4.11. The molecule has 2 heterocycles. The first kappa shape index (κ1) is 14.9. The summed E-state index contributed by atoms with van der Waals surface area (Å²) in [4.78, 5) is 14.1. The summed E-state index contributed by atoms with van der Waals surface area (Å²) < 4.78 is 6.94. The Morgan fingerprint density at radius 3 is 2.67 bits per heavy atom. The second kappa shape index (κ2) is 6.72. The van der Waals surface area contributed by atoms with Crippen molar-refractivity contribution in [3.63, 3.8) is 0 Å². The molecule has 18 heavy (non-hydrogen) atoms. The zero-order chi connectivity index (χ0) is 12.3. The van der Waals surface area contributed by atoms with E-state index < -0.39 is 0 Å². The molecule has 1 N–H and O–H groups in total. The molecule has 0 saturated carbocycles. The van der Waals surface area contributed by atoms with Crippen molar-refractivity contribution in [3.05, 3.63) is 18.0 Å². The molecule has 6 nitrogen and oxygen atoms in total. The van der Waals surface area contributed by atoms with E-state index in [0.717, 1.165) is 5.56 Å². The molecule has 7 heteroatoms. The van der Waals surface area contributed by atoms with Gasteiger partial charge in [-0.15, -0.1) is 12.4 Å². The molecule has 1 aromatic rings. The second-order valence-electron chi connectivity index (χ2n) is 4.11. The Hall–Kier alpha value is -1.11. The smallest absolute Gasteiger partial charge is 0.244 e. The highest BCUT2D eigenvalue weighted by Crippen LogP contribution is 2.15. The van der Waals surface area contributed by atoms with Gasteiger partial charge in [-0.3, -0.25) is 9.48 Å². The molecule has 1 aliphatic rings. The van der Waals surface area contributed by atoms with Crippen LogP contribution < -0.4 is 5.32 Å². The van der Waals surface area contributed by atoms with E-state index in [-0.39, 0.29) is 24.4 Å². The molecule has 1 fully saturated rings. The van der Waals surface area contributed by atoms with Gasteiger partial charge in [-0.2, -0.15) is 5.10 Å². The third kappa shape index (κ3) is 3.22. The van der Waals surface area contributed by atoms with Crippen LogP contribution in [0.4, 0.5) is 0 Å². The average molecular weight is 275 g/mol. The quantitative estimate of drug-likeness (QED) is 0.840. The average Bonchev–Trinajstić information content (AvgIpc) is 2.78. The zero-order valence-corrected chi connectivity index (χ0v) is 11.4. The standard InChI is InChI=1S/C11H18N4O2.ClH/c1-12-10(9-7-13-14(2)8-9)11(16)15-3-5-17-6-4-15;/h7-8,10,12H,3-6H2,1-2H3;1H. The Morgan fingerprint density at radius 1 is 1.50 bits per heavy atom. The monoisotopic (exact) mass is 274 g/mol. The fourth-order valence-electron chi connectivity index (χ4n) is 1.99. The maximum absolute atomic E-state index is 12.3. The van der Waals surface area contributed by atoms with Gasteiger partial charge in [0.25, 0.3) is 0 Å². The van der Waals surface area contributed by atoms with Gasteiger partial charge in [-0.05, 0) is 7.05 Å². The lowest BCUT2D eigenvalue weighted by Crippen LogP contribution is -2.45. The molecule has 0 bridgehead atoms. The number of aromatic nitrogens is 2. The first-order valence-electron chi connectivity index (χ1n) is 5.74. The first-order chi connectivity index (χ1) is 8.22. The van der Waals surface area contributed by atoms with Crippen LogP contribution in [0.25, 0.3) is 0 Å². The summed E-state index contributed by atoms with van der Waals surface area (Å²) in [6.45, 7) is 2.57. The normalized spacial score (nSPS) is 17.1. The van der Waals surface area contributed by atoms with Crippen LogP contribution in [0.1, 0.15) is 11.6 Å². The molecule has 1 aromatic heterocycles. The van der Waals surface area contributed by atoms with E-state index in [2.05, 4.69) is 10.4 Å². The van der Waals surface area contributed by atoms with Gasteiger partial charge < -0.3 is 15.0 Å². The summed E-state index contributed by atoms with van der Waals surface area (Å²) in [5.41, 5.74) is 0.895. The number of aryl methyl sites for hydroxylation is 1. The Morgan fingerprint density at radius 2 is 2.17 bits per heavy atom. The Bertz CT molecular complexity index is 390. The van der Waals surface area contributed by atoms with E-state index >= 15 is 0 Å². The van der Waals surface area contributed by atoms with E-state index in [1.807, 2.05) is 18.1 Å². The van der Waals surface area contributed by atoms with Crippen LogP contribution in [0.5, 0.6) is 0 Å². The van der Waals surface area contributed by atoms with Gasteiger partial charge in [-0.1, -0.05) is 0 Å². The number of halogens is 1. The van der Waals surface area contributed by atoms with Crippen molar-refractivity contribution in [3.8, 4) is 0 Å². The molecule has 1 atom stereocenters. The molecule has 0 spiro atoms. The maximum atomic E-state index is 12.3. The van der Waals surface area contributed by atoms with Gasteiger partial charge in [0.15, 0.2) is 0 Å². The number of rotatable bonds is 3. The molecule has 0 radical (unpaired) electrons. The summed E-state index contributed by atoms with van der Waals surface area (Å²) in [6.07, 6.45) is 3.58. The molecule has 1 unspecified atom stereocenters. The van der Waals surface area contributed by atoms with E-state index in [0.29, 0.717) is 26.3 Å². The molecule has 1 amide bonds. The predicted octanol–water partition coefficient (Wildman–Crippen LogP) is -0.0388. The topological polar surface area (TPSA) is 59.4 Å². The van der Waals surface area contributed by atoms with Crippen LogP contribution in [0.3, 0.4) is 0 Å². The van der Waals surface area contributed by atoms with Crippen molar-refractivity contribution in [2.24, 2.45) is 7.05 Å². The Balaban J connectivity index is 0.00000162. The van der Waals surface area contributed by atoms with Gasteiger partial charge in [0.1, 0.15) is 6.04 Å². The Kier molecular flexibility index (Phi) is 5.58. The van der Waals surface area contributed by atoms with Crippen LogP contribution in [0.15, 0.2) is 12.4 Å². The number of hydrogen-bond donors (Lipinski definition) is 1. The number of carbonyl (C=O) groups excluding carboxylic acids is 1. The van der Waals surface area contributed by atoms with Crippen molar-refractivity contribution >= 4 is 18.3 Å². The number of likely N-dealkylation sites (N-methyl/N-ethyl adjacent to an activating group) is 1. The van der Waals surface area contributed by atoms with Crippen molar-refractivity contribution in [1.82, 2.24) is 20.0 Å². The number of carbonyl (C=O) groups is 1. The van der Waals surface area contributed by atoms with Crippen LogP contribution in [0, 0.1) is 0 Å². The SMILES string of the molecule is CNC(C(=O)N1CCOCC1)c1cnn(C)c1.Cl. The molecule has 0 aromatic carbocycles. The third-order valence-corrected chi connectivity index (χ3v) is 2.92. The molecular weight excluding hydrogens is 256 g/mol. The highest BCUT2D eigenvalue weighted by molar-refractivity contribution is 5.85. The minimum absolute atomic E-state index is 0. The molecule has 102 valence electrons. The van der Waals surface area contributed by atoms with Crippen LogP contribution >= 0.6 is 12.4 Å². The summed E-state index contributed by atoms with van der Waals surface area (Å²) in [5, 5.41) is 7.14. The highest BCUT2D eigenvalue weighted by Gasteiger charge is 2.26. The summed E-state index contributed by atoms with van der Waals surface area (Å²) in [5.74, 6) is 0.0869. The van der Waals surface area contributed by atoms with E-state index in [1.54, 1.807) is 17.9 Å². The van der Waals surface area contributed by atoms with Crippen LogP contribution in [0.2, 0.25) is 0 Å². The van der Waals surface area contributed by atoms with Crippen LogP contribution in [-0.4, -0.2) is 53.9 Å². The highest BCUT2D eigenvalue weighted by atomic mass is 35.5. The van der Waals surface area contributed by atoms with Gasteiger partial charge in [0, 0.05) is 31.9 Å². The van der Waals surface area contributed by atoms with Crippen molar-refractivity contribution in [2.75, 3.05) is 33.4 Å². The molecule has 1 saturated heterocycles. The van der Waals surface area contributed by atoms with Crippen molar-refractivity contribution < 1.29 is 9.53 Å². The maximum Gasteiger partial charge on any atom is 0.244 e. The van der Waals surface area contributed by atoms with Crippen molar-refractivity contribution in [2.45, 2.75) is 6.04 Å². The van der Waals surface area contributed by atoms with Crippen LogP contribution in [-0.2, 0) is 16.6 Å². The fraction of sp³-hybridized carbons (Fsp3) is 0.636. The summed E-state index contributed by atoms with van der Waals surface area (Å²) in [6, 6.07) is -0.318. The van der Waals surface area contributed by atoms with E-state index in [9.17, 15) is 4.79 Å². The summed E-state index contributed by atoms with van der Waals surface area (Å²) >= 11 is 0. The number of morpholine rings is 1. The van der Waals surface area contributed by atoms with E-state index in [4.69, 9.17) is 4.74 Å². The lowest BCUT2D eigenvalue weighted by Gasteiger charge is -2.30. The van der Waals surface area contributed by atoms with E-state index in [1.165, 1.54) is 0 Å². The third-order valence-electron chi connectivity index (χ3n) is 2.92. The number of ether oxygens (including phenoxy) is 1. The minimum atomic E-state index is -0.318. The number of nitrogens with zero attached hydrogens (tertiary/aromatic N) is 3. The first-order valence-corrected chi connectivity index (χ1v) is 5.74. The van der Waals surface area contributed by atoms with Gasteiger partial charge in [-0.25, -0.2) is 0 Å². The molecule has 0 aliphatic carbocycles. The summed E-state index contributed by atoms with van der Waals surface area (Å²) in [7, 11) is 3.63. The molecule has 2 rings (SSSR count). The predicted molar refractivity (Wildman–Crippen MR) is 69.7 cm³/mol. The lowest BCUT2D eigenvalue weighted by atomic mass is 10.1. The molecule has 1 aliphatic heterocycles. The van der Waals surface area contributed by atoms with Gasteiger partial charge in [0.2, 0.25) is 5.91 Å². The minimum Gasteiger partial charge on any atom is -0.378 e. The number of nitrogens with one attached hydrogen (secondary N) is 1. The largest absolute Gasteiger partial charge is 0.378 e. The Labute approximate surface area is 113 Å². The zero-order valence-electron chi connectivity index (χ0n) is 10.6. The van der Waals surface area contributed by atoms with Gasteiger partial charge >= 0.3 is 0 Å². The number of hydrogen-bond acceptors (Lipinski definition) is 4.